The summed E-state index contributed by atoms with van der Waals surface area (Å²) in [5.41, 5.74) is 3.08. The zero-order valence-electron chi connectivity index (χ0n) is 13.9. The number of halogens is 1. The van der Waals surface area contributed by atoms with Crippen molar-refractivity contribution in [1.82, 2.24) is 0 Å². The Morgan fingerprint density at radius 3 is 2.48 bits per heavy atom. The highest BCUT2D eigenvalue weighted by Crippen LogP contribution is 2.86. The average Bonchev–Trinajstić information content (AvgIpc) is 2.86. The SMILES string of the molecule is CC[C@]1(c2ccc(F)cc2)[C@]2(C#N)C(N)=N[C@@]3(OC[C@H](C)O3)[C@@]21C#N. The van der Waals surface area contributed by atoms with Crippen LogP contribution in [0.25, 0.3) is 0 Å². The summed E-state index contributed by atoms with van der Waals surface area (Å²) < 4.78 is 25.2. The maximum Gasteiger partial charge on any atom is 0.294 e. The minimum Gasteiger partial charge on any atom is -0.386 e. The molecule has 0 unspecified atom stereocenters. The Morgan fingerprint density at radius 1 is 1.32 bits per heavy atom. The Hall–Kier alpha value is -2.48. The Balaban J connectivity index is 2.02. The van der Waals surface area contributed by atoms with Crippen LogP contribution in [-0.2, 0) is 14.9 Å². The van der Waals surface area contributed by atoms with Gasteiger partial charge in [0.2, 0.25) is 0 Å². The van der Waals surface area contributed by atoms with E-state index in [1.165, 1.54) is 12.1 Å². The first-order valence-electron chi connectivity index (χ1n) is 8.17. The normalized spacial score (nSPS) is 44.0. The van der Waals surface area contributed by atoms with Gasteiger partial charge in [0.15, 0.2) is 10.8 Å². The lowest BCUT2D eigenvalue weighted by atomic mass is 9.80. The van der Waals surface area contributed by atoms with Crippen molar-refractivity contribution in [2.75, 3.05) is 6.61 Å². The molecule has 0 bridgehead atoms. The molecule has 4 rings (SSSR count). The minimum atomic E-state index is -1.61. The van der Waals surface area contributed by atoms with Crippen LogP contribution in [0.1, 0.15) is 25.8 Å². The van der Waals surface area contributed by atoms with Gasteiger partial charge >= 0.3 is 0 Å². The standard InChI is InChI=1S/C18H17FN4O2/c1-3-15(12-4-6-13(19)7-5-12)16(9-20)14(22)23-18(17(15,16)10-21)24-8-11(2)25-18/h4-7,11H,3,8H2,1-2H3,(H2,22,23)/t11-,15-,16-,17+,18+/m0/s1. The van der Waals surface area contributed by atoms with Gasteiger partial charge < -0.3 is 15.2 Å². The van der Waals surface area contributed by atoms with E-state index in [0.717, 1.165) is 0 Å². The van der Waals surface area contributed by atoms with Crippen molar-refractivity contribution >= 4 is 5.84 Å². The number of ether oxygens (including phenoxy) is 2. The molecule has 1 spiro atoms. The van der Waals surface area contributed by atoms with E-state index < -0.39 is 28.0 Å². The van der Waals surface area contributed by atoms with Crippen LogP contribution in [0.3, 0.4) is 0 Å². The molecule has 2 N–H and O–H groups in total. The van der Waals surface area contributed by atoms with Gasteiger partial charge in [0.1, 0.15) is 11.7 Å². The highest BCUT2D eigenvalue weighted by molar-refractivity contribution is 6.02. The number of nitriles is 2. The number of fused-ring (bicyclic) bond motifs is 2. The Kier molecular flexibility index (Phi) is 2.93. The second-order valence-electron chi connectivity index (χ2n) is 6.81. The molecule has 1 aromatic carbocycles. The van der Waals surface area contributed by atoms with Crippen molar-refractivity contribution in [3.63, 3.8) is 0 Å². The van der Waals surface area contributed by atoms with Crippen LogP contribution in [0.15, 0.2) is 29.3 Å². The molecule has 6 nitrogen and oxygen atoms in total. The van der Waals surface area contributed by atoms with Crippen molar-refractivity contribution in [2.45, 2.75) is 37.7 Å². The van der Waals surface area contributed by atoms with Crippen molar-refractivity contribution in [3.05, 3.63) is 35.6 Å². The van der Waals surface area contributed by atoms with Gasteiger partial charge in [-0.2, -0.15) is 10.5 Å². The average molecular weight is 340 g/mol. The molecule has 1 saturated heterocycles. The fraction of sp³-hybridized carbons (Fsp3) is 0.500. The van der Waals surface area contributed by atoms with Crippen LogP contribution >= 0.6 is 0 Å². The van der Waals surface area contributed by atoms with Gasteiger partial charge in [0.05, 0.1) is 30.3 Å². The van der Waals surface area contributed by atoms with Crippen LogP contribution in [0.5, 0.6) is 0 Å². The van der Waals surface area contributed by atoms with Crippen LogP contribution in [0.4, 0.5) is 4.39 Å². The summed E-state index contributed by atoms with van der Waals surface area (Å²) in [5.74, 6) is -1.96. The van der Waals surface area contributed by atoms with E-state index in [9.17, 15) is 14.9 Å². The molecule has 1 aromatic rings. The first-order valence-corrected chi connectivity index (χ1v) is 8.17. The van der Waals surface area contributed by atoms with Gasteiger partial charge in [-0.15, -0.1) is 0 Å². The minimum absolute atomic E-state index is 0.0387. The summed E-state index contributed by atoms with van der Waals surface area (Å²) in [4.78, 5) is 4.30. The maximum atomic E-state index is 13.4. The Labute approximate surface area is 144 Å². The smallest absolute Gasteiger partial charge is 0.294 e. The van der Waals surface area contributed by atoms with Crippen LogP contribution in [-0.4, -0.2) is 24.5 Å². The zero-order valence-corrected chi connectivity index (χ0v) is 13.9. The van der Waals surface area contributed by atoms with E-state index in [-0.39, 0.29) is 18.5 Å². The summed E-state index contributed by atoms with van der Waals surface area (Å²) in [7, 11) is 0. The molecular formula is C18H17FN4O2. The van der Waals surface area contributed by atoms with Gasteiger partial charge in [-0.25, -0.2) is 9.38 Å². The van der Waals surface area contributed by atoms with Crippen molar-refractivity contribution < 1.29 is 13.9 Å². The number of amidine groups is 1. The molecule has 2 aliphatic heterocycles. The molecule has 5 atom stereocenters. The van der Waals surface area contributed by atoms with E-state index in [0.29, 0.717) is 12.0 Å². The number of hydrogen-bond acceptors (Lipinski definition) is 6. The third kappa shape index (κ3) is 1.33. The van der Waals surface area contributed by atoms with Crippen molar-refractivity contribution in [1.29, 1.82) is 10.5 Å². The number of aliphatic imine (C=N–C) groups is 1. The number of nitrogens with zero attached hydrogens (tertiary/aromatic N) is 3. The molecule has 0 aromatic heterocycles. The van der Waals surface area contributed by atoms with Crippen molar-refractivity contribution in [2.24, 2.45) is 21.6 Å². The second kappa shape index (κ2) is 4.57. The molecule has 2 fully saturated rings. The number of benzene rings is 1. The summed E-state index contributed by atoms with van der Waals surface area (Å²) >= 11 is 0. The number of rotatable bonds is 2. The fourth-order valence-corrected chi connectivity index (χ4v) is 5.09. The van der Waals surface area contributed by atoms with E-state index in [2.05, 4.69) is 17.1 Å². The lowest BCUT2D eigenvalue weighted by Crippen LogP contribution is -2.43. The quantitative estimate of drug-likeness (QED) is 0.886. The zero-order chi connectivity index (χ0) is 18.1. The van der Waals surface area contributed by atoms with E-state index >= 15 is 0 Å². The lowest BCUT2D eigenvalue weighted by Gasteiger charge is -2.31. The van der Waals surface area contributed by atoms with Crippen LogP contribution < -0.4 is 5.73 Å². The summed E-state index contributed by atoms with van der Waals surface area (Å²) in [6, 6.07) is 10.3. The Morgan fingerprint density at radius 2 is 2.00 bits per heavy atom. The van der Waals surface area contributed by atoms with Gasteiger partial charge in [0.25, 0.3) is 5.91 Å². The molecule has 0 radical (unpaired) electrons. The lowest BCUT2D eigenvalue weighted by molar-refractivity contribution is -0.197. The third-order valence-corrected chi connectivity index (χ3v) is 5.98. The monoisotopic (exact) mass is 340 g/mol. The van der Waals surface area contributed by atoms with Gasteiger partial charge in [-0.3, -0.25) is 0 Å². The van der Waals surface area contributed by atoms with E-state index in [1.807, 2.05) is 13.8 Å². The van der Waals surface area contributed by atoms with Crippen molar-refractivity contribution in [3.8, 4) is 12.1 Å². The first kappa shape index (κ1) is 16.0. The summed E-state index contributed by atoms with van der Waals surface area (Å²) in [6.07, 6.45) is 0.151. The summed E-state index contributed by atoms with van der Waals surface area (Å²) in [5, 5.41) is 20.3. The number of nitrogens with two attached hydrogens (primary N) is 1. The van der Waals surface area contributed by atoms with E-state index in [1.54, 1.807) is 12.1 Å². The molecule has 25 heavy (non-hydrogen) atoms. The third-order valence-electron chi connectivity index (χ3n) is 5.98. The molecule has 128 valence electrons. The van der Waals surface area contributed by atoms with Gasteiger partial charge in [-0.05, 0) is 31.0 Å². The molecule has 7 heteroatoms. The topological polar surface area (TPSA) is 104 Å². The molecule has 1 saturated carbocycles. The Bertz CT molecular complexity index is 873. The predicted molar refractivity (Wildman–Crippen MR) is 85.3 cm³/mol. The number of hydrogen-bond donors (Lipinski definition) is 1. The largest absolute Gasteiger partial charge is 0.386 e. The van der Waals surface area contributed by atoms with Gasteiger partial charge in [-0.1, -0.05) is 19.1 Å². The molecule has 2 heterocycles. The highest BCUT2D eigenvalue weighted by Gasteiger charge is 3.01. The molecule has 3 aliphatic rings. The van der Waals surface area contributed by atoms with Crippen LogP contribution in [0, 0.1) is 39.3 Å². The fourth-order valence-electron chi connectivity index (χ4n) is 5.09. The highest BCUT2D eigenvalue weighted by atomic mass is 19.1. The molecular weight excluding hydrogens is 323 g/mol. The predicted octanol–water partition coefficient (Wildman–Crippen LogP) is 1.97. The maximum absolute atomic E-state index is 13.4. The second-order valence-corrected chi connectivity index (χ2v) is 6.81. The van der Waals surface area contributed by atoms with E-state index in [4.69, 9.17) is 15.2 Å². The first-order chi connectivity index (χ1) is 11.9. The molecule has 1 aliphatic carbocycles. The summed E-state index contributed by atoms with van der Waals surface area (Å²) in [6.45, 7) is 3.94. The van der Waals surface area contributed by atoms with Gasteiger partial charge in [0, 0.05) is 0 Å². The molecule has 0 amide bonds. The van der Waals surface area contributed by atoms with Crippen LogP contribution in [0.2, 0.25) is 0 Å².